The van der Waals surface area contributed by atoms with Crippen LogP contribution in [0.4, 0.5) is 0 Å². The van der Waals surface area contributed by atoms with E-state index in [0.717, 1.165) is 6.54 Å². The van der Waals surface area contributed by atoms with Gasteiger partial charge in [-0.25, -0.2) is 0 Å². The predicted molar refractivity (Wildman–Crippen MR) is 67.3 cm³/mol. The van der Waals surface area contributed by atoms with Gasteiger partial charge >= 0.3 is 0 Å². The summed E-state index contributed by atoms with van der Waals surface area (Å²) in [4.78, 5) is 1.57. The van der Waals surface area contributed by atoms with Crippen LogP contribution in [0.5, 0.6) is 0 Å². The molecular formula is C14H26NO+. The Morgan fingerprint density at radius 3 is 2.12 bits per heavy atom. The van der Waals surface area contributed by atoms with Crippen LogP contribution in [-0.2, 0) is 0 Å². The second-order valence-electron chi connectivity index (χ2n) is 6.11. The van der Waals surface area contributed by atoms with Gasteiger partial charge in [0.1, 0.15) is 12.1 Å². The van der Waals surface area contributed by atoms with Crippen LogP contribution in [-0.4, -0.2) is 30.3 Å². The van der Waals surface area contributed by atoms with Crippen molar-refractivity contribution in [3.8, 4) is 11.8 Å². The first-order valence-electron chi connectivity index (χ1n) is 6.39. The lowest BCUT2D eigenvalue weighted by atomic mass is 9.78. The van der Waals surface area contributed by atoms with E-state index in [0.29, 0.717) is 0 Å². The summed E-state index contributed by atoms with van der Waals surface area (Å²) in [7, 11) is 0. The number of quaternary nitrogens is 1. The molecule has 1 rings (SSSR count). The van der Waals surface area contributed by atoms with E-state index in [4.69, 9.17) is 0 Å². The van der Waals surface area contributed by atoms with Crippen LogP contribution < -0.4 is 4.90 Å². The SMILES string of the molecule is CC(C)(C)C(C)(O)C#CC[NH+]1CCCCC1. The zero-order valence-electron chi connectivity index (χ0n) is 11.2. The molecule has 1 saturated heterocycles. The van der Waals surface area contributed by atoms with E-state index in [2.05, 4.69) is 11.8 Å². The molecule has 0 aromatic rings. The number of aliphatic hydroxyl groups is 1. The number of hydrogen-bond acceptors (Lipinski definition) is 1. The van der Waals surface area contributed by atoms with Gasteiger partial charge in [-0.3, -0.25) is 0 Å². The molecule has 0 saturated carbocycles. The fraction of sp³-hybridized carbons (Fsp3) is 0.857. The van der Waals surface area contributed by atoms with Gasteiger partial charge in [0.15, 0.2) is 0 Å². The zero-order valence-corrected chi connectivity index (χ0v) is 11.2. The molecule has 1 heterocycles. The van der Waals surface area contributed by atoms with Crippen molar-refractivity contribution in [2.45, 2.75) is 52.6 Å². The molecule has 2 heteroatoms. The van der Waals surface area contributed by atoms with Crippen LogP contribution in [0.1, 0.15) is 47.0 Å². The molecule has 1 aliphatic heterocycles. The topological polar surface area (TPSA) is 24.7 Å². The van der Waals surface area contributed by atoms with E-state index in [-0.39, 0.29) is 5.41 Å². The Hall–Kier alpha value is -0.520. The van der Waals surface area contributed by atoms with E-state index < -0.39 is 5.60 Å². The Labute approximate surface area is 100 Å². The molecule has 0 bridgehead atoms. The van der Waals surface area contributed by atoms with Crippen molar-refractivity contribution in [1.29, 1.82) is 0 Å². The van der Waals surface area contributed by atoms with Crippen molar-refractivity contribution in [3.63, 3.8) is 0 Å². The maximum Gasteiger partial charge on any atom is 0.139 e. The highest BCUT2D eigenvalue weighted by molar-refractivity contribution is 5.16. The van der Waals surface area contributed by atoms with Crippen LogP contribution in [0, 0.1) is 17.3 Å². The minimum atomic E-state index is -0.887. The molecule has 1 fully saturated rings. The summed E-state index contributed by atoms with van der Waals surface area (Å²) in [5, 5.41) is 10.2. The summed E-state index contributed by atoms with van der Waals surface area (Å²) < 4.78 is 0. The molecule has 16 heavy (non-hydrogen) atoms. The van der Waals surface area contributed by atoms with Gasteiger partial charge in [-0.1, -0.05) is 26.7 Å². The molecule has 92 valence electrons. The van der Waals surface area contributed by atoms with E-state index in [9.17, 15) is 5.11 Å². The number of piperidine rings is 1. The van der Waals surface area contributed by atoms with Gasteiger partial charge in [-0.15, -0.1) is 0 Å². The van der Waals surface area contributed by atoms with E-state index in [1.54, 1.807) is 4.90 Å². The summed E-state index contributed by atoms with van der Waals surface area (Å²) in [5.74, 6) is 6.20. The van der Waals surface area contributed by atoms with Crippen molar-refractivity contribution >= 4 is 0 Å². The zero-order chi connectivity index (χ0) is 12.2. The first-order chi connectivity index (χ1) is 7.33. The van der Waals surface area contributed by atoms with Crippen LogP contribution in [0.25, 0.3) is 0 Å². The summed E-state index contributed by atoms with van der Waals surface area (Å²) in [5.41, 5.74) is -1.07. The van der Waals surface area contributed by atoms with E-state index in [1.807, 2.05) is 27.7 Å². The molecule has 0 aromatic carbocycles. The first-order valence-corrected chi connectivity index (χ1v) is 6.39. The lowest BCUT2D eigenvalue weighted by Gasteiger charge is -2.32. The predicted octanol–water partition coefficient (Wildman–Crippen LogP) is 0.856. The normalized spacial score (nSPS) is 22.1. The van der Waals surface area contributed by atoms with Gasteiger partial charge in [-0.2, -0.15) is 0 Å². The average Bonchev–Trinajstić information content (AvgIpc) is 2.17. The minimum Gasteiger partial charge on any atom is -0.377 e. The van der Waals surface area contributed by atoms with Gasteiger partial charge in [-0.05, 0) is 32.1 Å². The molecule has 0 aliphatic carbocycles. The fourth-order valence-electron chi connectivity index (χ4n) is 1.76. The van der Waals surface area contributed by atoms with Gasteiger partial charge in [0, 0.05) is 5.41 Å². The molecule has 1 atom stereocenters. The third kappa shape index (κ3) is 3.81. The maximum absolute atomic E-state index is 10.2. The van der Waals surface area contributed by atoms with Crippen molar-refractivity contribution in [3.05, 3.63) is 0 Å². The van der Waals surface area contributed by atoms with Gasteiger partial charge < -0.3 is 10.0 Å². The van der Waals surface area contributed by atoms with Gasteiger partial charge in [0.05, 0.1) is 13.1 Å². The molecule has 0 spiro atoms. The largest absolute Gasteiger partial charge is 0.377 e. The highest BCUT2D eigenvalue weighted by Gasteiger charge is 2.33. The van der Waals surface area contributed by atoms with Crippen molar-refractivity contribution in [2.24, 2.45) is 5.41 Å². The molecule has 1 aliphatic rings. The Bertz CT molecular complexity index is 271. The van der Waals surface area contributed by atoms with Crippen LogP contribution in [0.15, 0.2) is 0 Å². The van der Waals surface area contributed by atoms with Crippen LogP contribution >= 0.6 is 0 Å². The first kappa shape index (κ1) is 13.5. The van der Waals surface area contributed by atoms with Crippen LogP contribution in [0.3, 0.4) is 0 Å². The number of rotatable bonds is 1. The highest BCUT2D eigenvalue weighted by atomic mass is 16.3. The van der Waals surface area contributed by atoms with E-state index >= 15 is 0 Å². The maximum atomic E-state index is 10.2. The number of likely N-dealkylation sites (tertiary alicyclic amines) is 1. The molecule has 2 nitrogen and oxygen atoms in total. The highest BCUT2D eigenvalue weighted by Crippen LogP contribution is 2.28. The summed E-state index contributed by atoms with van der Waals surface area (Å²) >= 11 is 0. The lowest BCUT2D eigenvalue weighted by molar-refractivity contribution is -0.897. The monoisotopic (exact) mass is 224 g/mol. The quantitative estimate of drug-likeness (QED) is 0.634. The van der Waals surface area contributed by atoms with E-state index in [1.165, 1.54) is 32.4 Å². The lowest BCUT2D eigenvalue weighted by Crippen LogP contribution is -3.12. The van der Waals surface area contributed by atoms with Crippen molar-refractivity contribution in [2.75, 3.05) is 19.6 Å². The second kappa shape index (κ2) is 5.21. The molecule has 0 radical (unpaired) electrons. The number of nitrogens with one attached hydrogen (secondary N) is 1. The average molecular weight is 224 g/mol. The second-order valence-corrected chi connectivity index (χ2v) is 6.11. The third-order valence-corrected chi connectivity index (χ3v) is 3.69. The molecule has 2 N–H and O–H groups in total. The number of hydrogen-bond donors (Lipinski definition) is 2. The Balaban J connectivity index is 2.47. The smallest absolute Gasteiger partial charge is 0.139 e. The standard InChI is InChI=1S/C14H25NO/c1-13(2,3)14(4,16)9-8-12-15-10-6-5-7-11-15/h16H,5-7,10-12H2,1-4H3/p+1. The third-order valence-electron chi connectivity index (χ3n) is 3.69. The molecule has 1 unspecified atom stereocenters. The fourth-order valence-corrected chi connectivity index (χ4v) is 1.76. The van der Waals surface area contributed by atoms with Crippen LogP contribution in [0.2, 0.25) is 0 Å². The Kier molecular flexibility index (Phi) is 4.41. The van der Waals surface area contributed by atoms with Crippen molar-refractivity contribution < 1.29 is 10.0 Å². The molecule has 0 amide bonds. The Morgan fingerprint density at radius 2 is 1.62 bits per heavy atom. The minimum absolute atomic E-state index is 0.183. The van der Waals surface area contributed by atoms with Gasteiger partial charge in [0.25, 0.3) is 0 Å². The molecular weight excluding hydrogens is 198 g/mol. The van der Waals surface area contributed by atoms with Gasteiger partial charge in [0.2, 0.25) is 0 Å². The summed E-state index contributed by atoms with van der Waals surface area (Å²) in [6, 6.07) is 0. The summed E-state index contributed by atoms with van der Waals surface area (Å²) in [6.45, 7) is 11.2. The summed E-state index contributed by atoms with van der Waals surface area (Å²) in [6.07, 6.45) is 4.02. The molecule has 0 aromatic heterocycles. The van der Waals surface area contributed by atoms with Crippen molar-refractivity contribution in [1.82, 2.24) is 0 Å². The Morgan fingerprint density at radius 1 is 1.06 bits per heavy atom.